The van der Waals surface area contributed by atoms with Crippen molar-refractivity contribution < 1.29 is 19.0 Å². The largest absolute Gasteiger partial charge is 0.477 e. The summed E-state index contributed by atoms with van der Waals surface area (Å²) in [6, 6.07) is 4.17. The molecule has 0 aliphatic rings. The van der Waals surface area contributed by atoms with E-state index >= 15 is 0 Å². The number of carbonyl (C=O) groups is 1. The lowest BCUT2D eigenvalue weighted by Crippen LogP contribution is -2.02. The highest BCUT2D eigenvalue weighted by atomic mass is 79.9. The van der Waals surface area contributed by atoms with Gasteiger partial charge in [0.15, 0.2) is 0 Å². The summed E-state index contributed by atoms with van der Waals surface area (Å²) in [5, 5.41) is 13.1. The zero-order valence-electron chi connectivity index (χ0n) is 10.1. The first-order valence-electron chi connectivity index (χ1n) is 5.30. The van der Waals surface area contributed by atoms with E-state index in [0.717, 1.165) is 6.07 Å². The minimum Gasteiger partial charge on any atom is -0.477 e. The second-order valence-corrected chi connectivity index (χ2v) is 4.73. The lowest BCUT2D eigenvalue weighted by Gasteiger charge is -2.07. The van der Waals surface area contributed by atoms with Crippen molar-refractivity contribution >= 4 is 21.9 Å². The number of aryl methyl sites for hydroxylation is 2. The Morgan fingerprint density at radius 3 is 2.79 bits per heavy atom. The first-order valence-corrected chi connectivity index (χ1v) is 6.09. The SMILES string of the molecule is Cc1nn(C)c(Oc2ccc(Br)c(F)c2)c1C(=O)O. The van der Waals surface area contributed by atoms with Gasteiger partial charge < -0.3 is 9.84 Å². The number of halogens is 2. The number of hydrogen-bond donors (Lipinski definition) is 1. The van der Waals surface area contributed by atoms with Crippen molar-refractivity contribution in [3.8, 4) is 11.6 Å². The van der Waals surface area contributed by atoms with E-state index in [1.807, 2.05) is 0 Å². The Kier molecular flexibility index (Phi) is 3.57. The maximum atomic E-state index is 13.4. The molecule has 0 spiro atoms. The molecule has 0 saturated carbocycles. The van der Waals surface area contributed by atoms with Gasteiger partial charge in [-0.15, -0.1) is 0 Å². The molecule has 1 aromatic carbocycles. The summed E-state index contributed by atoms with van der Waals surface area (Å²) in [7, 11) is 1.56. The van der Waals surface area contributed by atoms with Gasteiger partial charge in [0, 0.05) is 13.1 Å². The number of carboxylic acids is 1. The van der Waals surface area contributed by atoms with Gasteiger partial charge in [-0.25, -0.2) is 13.9 Å². The minimum atomic E-state index is -1.14. The fourth-order valence-corrected chi connectivity index (χ4v) is 1.90. The fourth-order valence-electron chi connectivity index (χ4n) is 1.65. The zero-order valence-corrected chi connectivity index (χ0v) is 11.7. The van der Waals surface area contributed by atoms with Gasteiger partial charge in [-0.05, 0) is 35.0 Å². The molecule has 1 N–H and O–H groups in total. The van der Waals surface area contributed by atoms with E-state index in [0.29, 0.717) is 10.2 Å². The summed E-state index contributed by atoms with van der Waals surface area (Å²) >= 11 is 3.03. The topological polar surface area (TPSA) is 64.4 Å². The Bertz CT molecular complexity index is 655. The van der Waals surface area contributed by atoms with E-state index in [2.05, 4.69) is 21.0 Å². The number of benzene rings is 1. The van der Waals surface area contributed by atoms with Crippen molar-refractivity contribution in [3.63, 3.8) is 0 Å². The Morgan fingerprint density at radius 2 is 2.21 bits per heavy atom. The van der Waals surface area contributed by atoms with Crippen LogP contribution in [0.15, 0.2) is 22.7 Å². The van der Waals surface area contributed by atoms with Crippen LogP contribution in [0.25, 0.3) is 0 Å². The van der Waals surface area contributed by atoms with E-state index in [1.165, 1.54) is 16.8 Å². The lowest BCUT2D eigenvalue weighted by molar-refractivity contribution is 0.0693. The van der Waals surface area contributed by atoms with E-state index in [9.17, 15) is 9.18 Å². The van der Waals surface area contributed by atoms with Crippen LogP contribution in [-0.2, 0) is 7.05 Å². The number of aromatic nitrogens is 2. The van der Waals surface area contributed by atoms with Crippen LogP contribution in [0.2, 0.25) is 0 Å². The standard InChI is InChI=1S/C12H10BrFN2O3/c1-6-10(12(17)18)11(16(2)15-6)19-7-3-4-8(13)9(14)5-7/h3-5H,1-2H3,(H,17,18). The van der Waals surface area contributed by atoms with Gasteiger partial charge in [-0.2, -0.15) is 5.10 Å². The van der Waals surface area contributed by atoms with E-state index in [4.69, 9.17) is 9.84 Å². The first-order chi connectivity index (χ1) is 8.90. The number of ether oxygens (including phenoxy) is 1. The second kappa shape index (κ2) is 5.00. The molecule has 5 nitrogen and oxygen atoms in total. The van der Waals surface area contributed by atoms with Gasteiger partial charge in [0.1, 0.15) is 17.1 Å². The van der Waals surface area contributed by atoms with Crippen LogP contribution < -0.4 is 4.74 Å². The van der Waals surface area contributed by atoms with E-state index in [1.54, 1.807) is 14.0 Å². The summed E-state index contributed by atoms with van der Waals surface area (Å²) in [6.07, 6.45) is 0. The molecular formula is C12H10BrFN2O3. The van der Waals surface area contributed by atoms with Crippen molar-refractivity contribution in [2.45, 2.75) is 6.92 Å². The van der Waals surface area contributed by atoms with Gasteiger partial charge in [-0.1, -0.05) is 0 Å². The van der Waals surface area contributed by atoms with Gasteiger partial charge in [0.25, 0.3) is 0 Å². The number of rotatable bonds is 3. The minimum absolute atomic E-state index is 0.0363. The van der Waals surface area contributed by atoms with E-state index in [-0.39, 0.29) is 17.2 Å². The summed E-state index contributed by atoms with van der Waals surface area (Å²) in [6.45, 7) is 1.57. The van der Waals surface area contributed by atoms with Crippen molar-refractivity contribution in [3.05, 3.63) is 39.7 Å². The maximum absolute atomic E-state index is 13.4. The molecule has 0 aliphatic heterocycles. The molecule has 0 unspecified atom stereocenters. The molecule has 0 bridgehead atoms. The molecule has 0 saturated heterocycles. The summed E-state index contributed by atoms with van der Waals surface area (Å²) in [5.41, 5.74) is 0.299. The fraction of sp³-hybridized carbons (Fsp3) is 0.167. The molecule has 0 atom stereocenters. The van der Waals surface area contributed by atoms with Crippen LogP contribution in [0.5, 0.6) is 11.6 Å². The number of carboxylic acid groups (broad SMARTS) is 1. The number of nitrogens with zero attached hydrogens (tertiary/aromatic N) is 2. The number of hydrogen-bond acceptors (Lipinski definition) is 3. The molecular weight excluding hydrogens is 319 g/mol. The van der Waals surface area contributed by atoms with Gasteiger partial charge in [-0.3, -0.25) is 0 Å². The third-order valence-electron chi connectivity index (χ3n) is 2.49. The highest BCUT2D eigenvalue weighted by Crippen LogP contribution is 2.29. The van der Waals surface area contributed by atoms with Crippen molar-refractivity contribution in [2.24, 2.45) is 7.05 Å². The quantitative estimate of drug-likeness (QED) is 0.940. The van der Waals surface area contributed by atoms with Gasteiger partial charge >= 0.3 is 5.97 Å². The second-order valence-electron chi connectivity index (χ2n) is 3.87. The normalized spacial score (nSPS) is 10.5. The summed E-state index contributed by atoms with van der Waals surface area (Å²) < 4.78 is 20.4. The third kappa shape index (κ3) is 2.60. The Hall–Kier alpha value is -1.89. The van der Waals surface area contributed by atoms with Crippen LogP contribution in [0.4, 0.5) is 4.39 Å². The third-order valence-corrected chi connectivity index (χ3v) is 3.13. The highest BCUT2D eigenvalue weighted by molar-refractivity contribution is 9.10. The molecule has 0 aliphatic carbocycles. The first kappa shape index (κ1) is 13.5. The molecule has 1 aromatic heterocycles. The Balaban J connectivity index is 2.43. The van der Waals surface area contributed by atoms with Crippen molar-refractivity contribution in [2.75, 3.05) is 0 Å². The molecule has 0 radical (unpaired) electrons. The molecule has 2 aromatic rings. The molecule has 0 amide bonds. The maximum Gasteiger partial charge on any atom is 0.343 e. The van der Waals surface area contributed by atoms with Gasteiger partial charge in [0.05, 0.1) is 10.2 Å². The molecule has 2 rings (SSSR count). The zero-order chi connectivity index (χ0) is 14.2. The predicted molar refractivity (Wildman–Crippen MR) is 69.1 cm³/mol. The van der Waals surface area contributed by atoms with Crippen molar-refractivity contribution in [1.82, 2.24) is 9.78 Å². The molecule has 1 heterocycles. The average Bonchev–Trinajstić information content (AvgIpc) is 2.59. The lowest BCUT2D eigenvalue weighted by atomic mass is 10.2. The molecule has 100 valence electrons. The van der Waals surface area contributed by atoms with Crippen LogP contribution in [0.1, 0.15) is 16.1 Å². The monoisotopic (exact) mass is 328 g/mol. The Morgan fingerprint density at radius 1 is 1.53 bits per heavy atom. The predicted octanol–water partition coefficient (Wildman–Crippen LogP) is 3.12. The summed E-state index contributed by atoms with van der Waals surface area (Å²) in [5.74, 6) is -1.37. The van der Waals surface area contributed by atoms with Crippen LogP contribution in [0, 0.1) is 12.7 Å². The highest BCUT2D eigenvalue weighted by Gasteiger charge is 2.21. The molecule has 19 heavy (non-hydrogen) atoms. The average molecular weight is 329 g/mol. The van der Waals surface area contributed by atoms with Crippen LogP contribution in [-0.4, -0.2) is 20.9 Å². The number of aromatic carboxylic acids is 1. The molecule has 0 fully saturated rings. The van der Waals surface area contributed by atoms with E-state index < -0.39 is 11.8 Å². The smallest absolute Gasteiger partial charge is 0.343 e. The molecule has 7 heteroatoms. The van der Waals surface area contributed by atoms with Gasteiger partial charge in [0.2, 0.25) is 5.88 Å². The summed E-state index contributed by atoms with van der Waals surface area (Å²) in [4.78, 5) is 11.2. The van der Waals surface area contributed by atoms with Crippen LogP contribution >= 0.6 is 15.9 Å². The van der Waals surface area contributed by atoms with Crippen LogP contribution in [0.3, 0.4) is 0 Å². The Labute approximate surface area is 116 Å². The van der Waals surface area contributed by atoms with Crippen molar-refractivity contribution in [1.29, 1.82) is 0 Å².